The minimum absolute atomic E-state index is 0.0726. The Morgan fingerprint density at radius 1 is 1.39 bits per heavy atom. The maximum absolute atomic E-state index is 12.0. The molecule has 0 saturated carbocycles. The van der Waals surface area contributed by atoms with Gasteiger partial charge < -0.3 is 10.4 Å². The van der Waals surface area contributed by atoms with Gasteiger partial charge in [0.1, 0.15) is 23.0 Å². The number of amides is 1. The number of carbonyl (C=O) groups excluding carboxylic acids is 1. The average molecular weight is 264 g/mol. The molecule has 6 heteroatoms. The molecule has 1 aromatic heterocycles. The normalized spacial score (nSPS) is 10.1. The van der Waals surface area contributed by atoms with E-state index in [1.807, 2.05) is 0 Å². The molecule has 1 heterocycles. The van der Waals surface area contributed by atoms with Crippen LogP contribution in [-0.4, -0.2) is 21.0 Å². The van der Waals surface area contributed by atoms with Crippen LogP contribution in [0.1, 0.15) is 15.9 Å². The van der Waals surface area contributed by atoms with E-state index in [9.17, 15) is 9.90 Å². The van der Waals surface area contributed by atoms with Crippen molar-refractivity contribution in [3.05, 3.63) is 46.9 Å². The molecule has 0 aliphatic rings. The van der Waals surface area contributed by atoms with Gasteiger partial charge in [-0.05, 0) is 19.1 Å². The third-order valence-corrected chi connectivity index (χ3v) is 2.63. The van der Waals surface area contributed by atoms with Crippen LogP contribution in [0.25, 0.3) is 0 Å². The van der Waals surface area contributed by atoms with E-state index >= 15 is 0 Å². The summed E-state index contributed by atoms with van der Waals surface area (Å²) in [6.07, 6.45) is 1.26. The van der Waals surface area contributed by atoms with Crippen molar-refractivity contribution in [3.8, 4) is 5.75 Å². The first kappa shape index (κ1) is 12.3. The molecule has 0 fully saturated rings. The summed E-state index contributed by atoms with van der Waals surface area (Å²) in [6.45, 7) is 1.66. The van der Waals surface area contributed by atoms with Crippen molar-refractivity contribution in [2.24, 2.45) is 0 Å². The van der Waals surface area contributed by atoms with E-state index in [1.54, 1.807) is 19.1 Å². The minimum Gasteiger partial charge on any atom is -0.508 e. The van der Waals surface area contributed by atoms with Gasteiger partial charge in [-0.3, -0.25) is 4.79 Å². The van der Waals surface area contributed by atoms with E-state index < -0.39 is 0 Å². The fourth-order valence-electron chi connectivity index (χ4n) is 1.46. The molecule has 0 saturated heterocycles. The molecule has 92 valence electrons. The van der Waals surface area contributed by atoms with Crippen LogP contribution in [0, 0.1) is 6.92 Å². The maximum atomic E-state index is 12.0. The summed E-state index contributed by atoms with van der Waals surface area (Å²) >= 11 is 5.69. The topological polar surface area (TPSA) is 75.1 Å². The summed E-state index contributed by atoms with van der Waals surface area (Å²) in [6, 6.07) is 6.18. The zero-order valence-electron chi connectivity index (χ0n) is 9.51. The Balaban J connectivity index is 2.25. The Morgan fingerprint density at radius 2 is 2.17 bits per heavy atom. The second-order valence-electron chi connectivity index (χ2n) is 3.63. The number of anilines is 1. The standard InChI is InChI=1S/C12H10ClN3O2/c1-7-8(3-2-4-9(7)17)12(18)16-11-5-10(13)14-6-15-11/h2-6,17H,1H3,(H,14,15,16,18). The molecule has 0 bridgehead atoms. The van der Waals surface area contributed by atoms with E-state index in [4.69, 9.17) is 11.6 Å². The molecule has 2 aromatic rings. The largest absolute Gasteiger partial charge is 0.508 e. The first-order chi connectivity index (χ1) is 8.58. The summed E-state index contributed by atoms with van der Waals surface area (Å²) in [4.78, 5) is 19.6. The molecule has 0 spiro atoms. The number of aromatic hydroxyl groups is 1. The molecule has 1 aromatic carbocycles. The van der Waals surface area contributed by atoms with Gasteiger partial charge >= 0.3 is 0 Å². The van der Waals surface area contributed by atoms with Gasteiger partial charge in [0.2, 0.25) is 0 Å². The monoisotopic (exact) mass is 263 g/mol. The summed E-state index contributed by atoms with van der Waals surface area (Å²) < 4.78 is 0. The SMILES string of the molecule is Cc1c(O)cccc1C(=O)Nc1cc(Cl)ncn1. The molecular formula is C12H10ClN3O2. The summed E-state index contributed by atoms with van der Waals surface area (Å²) in [7, 11) is 0. The highest BCUT2D eigenvalue weighted by atomic mass is 35.5. The number of aromatic nitrogens is 2. The van der Waals surface area contributed by atoms with Gasteiger partial charge in [0, 0.05) is 17.2 Å². The number of benzene rings is 1. The van der Waals surface area contributed by atoms with Gasteiger partial charge in [0.15, 0.2) is 0 Å². The number of hydrogen-bond donors (Lipinski definition) is 2. The van der Waals surface area contributed by atoms with Crippen molar-refractivity contribution in [1.29, 1.82) is 0 Å². The van der Waals surface area contributed by atoms with Crippen LogP contribution in [0.2, 0.25) is 5.15 Å². The van der Waals surface area contributed by atoms with E-state index in [1.165, 1.54) is 18.5 Å². The molecule has 2 rings (SSSR count). The van der Waals surface area contributed by atoms with Crippen molar-refractivity contribution < 1.29 is 9.90 Å². The van der Waals surface area contributed by atoms with Crippen LogP contribution in [0.15, 0.2) is 30.6 Å². The Kier molecular flexibility index (Phi) is 3.43. The molecule has 1 amide bonds. The quantitative estimate of drug-likeness (QED) is 0.816. The first-order valence-electron chi connectivity index (χ1n) is 5.15. The Labute approximate surface area is 108 Å². The van der Waals surface area contributed by atoms with Gasteiger partial charge in [0.05, 0.1) is 0 Å². The van der Waals surface area contributed by atoms with Crippen LogP contribution in [0.5, 0.6) is 5.75 Å². The first-order valence-corrected chi connectivity index (χ1v) is 5.53. The smallest absolute Gasteiger partial charge is 0.257 e. The van der Waals surface area contributed by atoms with Gasteiger partial charge in [-0.15, -0.1) is 0 Å². The zero-order chi connectivity index (χ0) is 13.1. The molecule has 2 N–H and O–H groups in total. The highest BCUT2D eigenvalue weighted by Gasteiger charge is 2.12. The predicted molar refractivity (Wildman–Crippen MR) is 67.8 cm³/mol. The molecule has 5 nitrogen and oxygen atoms in total. The zero-order valence-corrected chi connectivity index (χ0v) is 10.3. The van der Waals surface area contributed by atoms with Crippen LogP contribution in [-0.2, 0) is 0 Å². The lowest BCUT2D eigenvalue weighted by molar-refractivity contribution is 0.102. The lowest BCUT2D eigenvalue weighted by atomic mass is 10.1. The number of rotatable bonds is 2. The second-order valence-corrected chi connectivity index (χ2v) is 4.02. The van der Waals surface area contributed by atoms with Gasteiger partial charge in [-0.2, -0.15) is 0 Å². The molecule has 0 aliphatic heterocycles. The van der Waals surface area contributed by atoms with Gasteiger partial charge in [-0.25, -0.2) is 9.97 Å². The van der Waals surface area contributed by atoms with E-state index in [0.717, 1.165) is 0 Å². The molecule has 18 heavy (non-hydrogen) atoms. The highest BCUT2D eigenvalue weighted by molar-refractivity contribution is 6.29. The predicted octanol–water partition coefficient (Wildman–Crippen LogP) is 2.40. The number of nitrogens with zero attached hydrogens (tertiary/aromatic N) is 2. The van der Waals surface area contributed by atoms with Crippen molar-refractivity contribution in [1.82, 2.24) is 9.97 Å². The fourth-order valence-corrected chi connectivity index (χ4v) is 1.60. The number of hydrogen-bond acceptors (Lipinski definition) is 4. The third-order valence-electron chi connectivity index (χ3n) is 2.43. The van der Waals surface area contributed by atoms with Crippen molar-refractivity contribution in [3.63, 3.8) is 0 Å². The van der Waals surface area contributed by atoms with Crippen molar-refractivity contribution in [2.75, 3.05) is 5.32 Å². The van der Waals surface area contributed by atoms with E-state index in [0.29, 0.717) is 16.9 Å². The molecule has 0 radical (unpaired) electrons. The second kappa shape index (κ2) is 5.01. The van der Waals surface area contributed by atoms with Crippen molar-refractivity contribution >= 4 is 23.3 Å². The molecule has 0 atom stereocenters. The minimum atomic E-state index is -0.363. The van der Waals surface area contributed by atoms with E-state index in [2.05, 4.69) is 15.3 Å². The van der Waals surface area contributed by atoms with Gasteiger partial charge in [0.25, 0.3) is 5.91 Å². The maximum Gasteiger partial charge on any atom is 0.257 e. The number of halogens is 1. The third kappa shape index (κ3) is 2.57. The Hall–Kier alpha value is -2.14. The average Bonchev–Trinajstić information content (AvgIpc) is 2.32. The lowest BCUT2D eigenvalue weighted by Crippen LogP contribution is -2.14. The Morgan fingerprint density at radius 3 is 2.89 bits per heavy atom. The molecule has 0 aliphatic carbocycles. The number of carbonyl (C=O) groups is 1. The van der Waals surface area contributed by atoms with Crippen LogP contribution in [0.4, 0.5) is 5.82 Å². The number of nitrogens with one attached hydrogen (secondary N) is 1. The van der Waals surface area contributed by atoms with Crippen molar-refractivity contribution in [2.45, 2.75) is 6.92 Å². The summed E-state index contributed by atoms with van der Waals surface area (Å²) in [5, 5.41) is 12.4. The van der Waals surface area contributed by atoms with Crippen LogP contribution in [0.3, 0.4) is 0 Å². The fraction of sp³-hybridized carbons (Fsp3) is 0.0833. The van der Waals surface area contributed by atoms with Gasteiger partial charge in [-0.1, -0.05) is 17.7 Å². The van der Waals surface area contributed by atoms with E-state index in [-0.39, 0.29) is 16.8 Å². The lowest BCUT2D eigenvalue weighted by Gasteiger charge is -2.07. The summed E-state index contributed by atoms with van der Waals surface area (Å²) in [5.74, 6) is 0.0179. The number of phenols is 1. The van der Waals surface area contributed by atoms with Crippen LogP contribution < -0.4 is 5.32 Å². The number of phenolic OH excluding ortho intramolecular Hbond substituents is 1. The van der Waals surface area contributed by atoms with Crippen LogP contribution >= 0.6 is 11.6 Å². The Bertz CT molecular complexity index is 602. The molecule has 0 unspecified atom stereocenters. The molecular weight excluding hydrogens is 254 g/mol. The highest BCUT2D eigenvalue weighted by Crippen LogP contribution is 2.20. The summed E-state index contributed by atoms with van der Waals surface area (Å²) in [5.41, 5.74) is 0.889.